The molecule has 17 heavy (non-hydrogen) atoms. The summed E-state index contributed by atoms with van der Waals surface area (Å²) in [4.78, 5) is 0. The van der Waals surface area contributed by atoms with Gasteiger partial charge in [0.15, 0.2) is 0 Å². The maximum absolute atomic E-state index is 12.5. The number of aliphatic hydroxyl groups is 1. The summed E-state index contributed by atoms with van der Waals surface area (Å²) in [5.74, 6) is 0. The second-order valence-corrected chi connectivity index (χ2v) is 3.77. The molecule has 2 rings (SSSR count). The molecule has 1 N–H and O–H groups in total. The predicted molar refractivity (Wildman–Crippen MR) is 54.3 cm³/mol. The third-order valence-electron chi connectivity index (χ3n) is 2.48. The van der Waals surface area contributed by atoms with Crippen LogP contribution in [0, 0.1) is 0 Å². The first-order valence-corrected chi connectivity index (χ1v) is 4.96. The van der Waals surface area contributed by atoms with Crippen LogP contribution in [0.4, 0.5) is 13.2 Å². The maximum atomic E-state index is 12.5. The molecular formula is C10H10F3N3O. The lowest BCUT2D eigenvalue weighted by molar-refractivity contribution is -0.137. The van der Waals surface area contributed by atoms with Crippen LogP contribution in [0.25, 0.3) is 11.0 Å². The molecule has 0 saturated heterocycles. The number of rotatable bonds is 2. The normalized spacial score (nSPS) is 14.2. The molecular weight excluding hydrogens is 235 g/mol. The molecule has 1 atom stereocenters. The van der Waals surface area contributed by atoms with E-state index >= 15 is 0 Å². The van der Waals surface area contributed by atoms with Gasteiger partial charge in [-0.1, -0.05) is 5.21 Å². The fourth-order valence-electron chi connectivity index (χ4n) is 1.52. The number of hydrogen-bond acceptors (Lipinski definition) is 3. The zero-order valence-electron chi connectivity index (χ0n) is 8.94. The lowest BCUT2D eigenvalue weighted by Crippen LogP contribution is -2.11. The predicted octanol–water partition coefficient (Wildman–Crippen LogP) is 2.00. The average molecular weight is 245 g/mol. The molecule has 0 bridgehead atoms. The first-order chi connectivity index (χ1) is 7.93. The van der Waals surface area contributed by atoms with Crippen LogP contribution < -0.4 is 0 Å². The molecule has 0 saturated carbocycles. The Morgan fingerprint density at radius 1 is 1.41 bits per heavy atom. The van der Waals surface area contributed by atoms with Crippen LogP contribution in [0.1, 0.15) is 18.5 Å². The highest BCUT2D eigenvalue weighted by molar-refractivity contribution is 5.75. The number of halogens is 3. The van der Waals surface area contributed by atoms with E-state index in [-0.39, 0.29) is 18.2 Å². The van der Waals surface area contributed by atoms with Gasteiger partial charge in [0.05, 0.1) is 23.7 Å². The highest BCUT2D eigenvalue weighted by atomic mass is 19.4. The van der Waals surface area contributed by atoms with Gasteiger partial charge >= 0.3 is 6.18 Å². The van der Waals surface area contributed by atoms with Crippen LogP contribution in [-0.2, 0) is 6.18 Å². The molecule has 2 aromatic rings. The molecule has 92 valence electrons. The van der Waals surface area contributed by atoms with Crippen molar-refractivity contribution in [1.29, 1.82) is 0 Å². The van der Waals surface area contributed by atoms with Crippen molar-refractivity contribution in [3.63, 3.8) is 0 Å². The Bertz CT molecular complexity index is 535. The second-order valence-electron chi connectivity index (χ2n) is 3.77. The molecule has 1 aromatic carbocycles. The zero-order valence-corrected chi connectivity index (χ0v) is 8.94. The minimum atomic E-state index is -4.39. The van der Waals surface area contributed by atoms with Gasteiger partial charge in [-0.25, -0.2) is 4.68 Å². The van der Waals surface area contributed by atoms with Crippen molar-refractivity contribution in [3.8, 4) is 0 Å². The zero-order chi connectivity index (χ0) is 12.6. The van der Waals surface area contributed by atoms with Crippen LogP contribution in [0.15, 0.2) is 18.2 Å². The third kappa shape index (κ3) is 2.10. The van der Waals surface area contributed by atoms with Gasteiger partial charge in [-0.05, 0) is 25.1 Å². The summed E-state index contributed by atoms with van der Waals surface area (Å²) in [5, 5.41) is 16.4. The summed E-state index contributed by atoms with van der Waals surface area (Å²) in [5.41, 5.74) is -0.117. The van der Waals surface area contributed by atoms with Crippen LogP contribution in [0.5, 0.6) is 0 Å². The molecule has 0 aliphatic carbocycles. The average Bonchev–Trinajstić information content (AvgIpc) is 2.69. The van der Waals surface area contributed by atoms with E-state index in [4.69, 9.17) is 5.11 Å². The highest BCUT2D eigenvalue weighted by Crippen LogP contribution is 2.31. The quantitative estimate of drug-likeness (QED) is 0.880. The molecule has 0 aliphatic rings. The Labute approximate surface area is 94.7 Å². The Kier molecular flexibility index (Phi) is 2.78. The molecule has 1 heterocycles. The van der Waals surface area contributed by atoms with Gasteiger partial charge in [0.25, 0.3) is 0 Å². The van der Waals surface area contributed by atoms with Crippen molar-refractivity contribution >= 4 is 11.0 Å². The molecule has 0 fully saturated rings. The van der Waals surface area contributed by atoms with Gasteiger partial charge in [0.1, 0.15) is 5.52 Å². The summed E-state index contributed by atoms with van der Waals surface area (Å²) in [6.45, 7) is 1.55. The fourth-order valence-corrected chi connectivity index (χ4v) is 1.52. The van der Waals surface area contributed by atoms with Crippen LogP contribution in [-0.4, -0.2) is 26.7 Å². The van der Waals surface area contributed by atoms with E-state index in [1.165, 1.54) is 10.7 Å². The van der Waals surface area contributed by atoms with Crippen molar-refractivity contribution < 1.29 is 18.3 Å². The molecule has 0 aliphatic heterocycles. The van der Waals surface area contributed by atoms with E-state index in [2.05, 4.69) is 10.3 Å². The fraction of sp³-hybridized carbons (Fsp3) is 0.400. The van der Waals surface area contributed by atoms with Crippen molar-refractivity contribution in [2.45, 2.75) is 19.1 Å². The minimum Gasteiger partial charge on any atom is -0.394 e. The van der Waals surface area contributed by atoms with Crippen LogP contribution >= 0.6 is 0 Å². The van der Waals surface area contributed by atoms with Gasteiger partial charge < -0.3 is 5.11 Å². The number of nitrogens with zero attached hydrogens (tertiary/aromatic N) is 3. The SMILES string of the molecule is CC(CO)n1nnc2cc(C(F)(F)F)ccc21. The Hall–Kier alpha value is -1.63. The summed E-state index contributed by atoms with van der Waals surface area (Å²) < 4.78 is 38.8. The maximum Gasteiger partial charge on any atom is 0.416 e. The number of aliphatic hydroxyl groups excluding tert-OH is 1. The Balaban J connectivity index is 2.52. The van der Waals surface area contributed by atoms with E-state index in [0.717, 1.165) is 12.1 Å². The standard InChI is InChI=1S/C10H10F3N3O/c1-6(5-17)16-9-3-2-7(10(11,12)13)4-8(9)14-15-16/h2-4,6,17H,5H2,1H3. The third-order valence-corrected chi connectivity index (χ3v) is 2.48. The van der Waals surface area contributed by atoms with Crippen LogP contribution in [0.2, 0.25) is 0 Å². The van der Waals surface area contributed by atoms with Gasteiger partial charge in [-0.15, -0.1) is 5.10 Å². The Morgan fingerprint density at radius 3 is 2.71 bits per heavy atom. The van der Waals surface area contributed by atoms with Gasteiger partial charge in [-0.3, -0.25) is 0 Å². The van der Waals surface area contributed by atoms with Gasteiger partial charge in [0, 0.05) is 0 Å². The van der Waals surface area contributed by atoms with Gasteiger partial charge in [-0.2, -0.15) is 13.2 Å². The lowest BCUT2D eigenvalue weighted by Gasteiger charge is -2.09. The molecule has 7 heteroatoms. The topological polar surface area (TPSA) is 50.9 Å². The van der Waals surface area contributed by atoms with Crippen molar-refractivity contribution in [2.75, 3.05) is 6.61 Å². The van der Waals surface area contributed by atoms with Crippen LogP contribution in [0.3, 0.4) is 0 Å². The molecule has 4 nitrogen and oxygen atoms in total. The first kappa shape index (κ1) is 11.8. The minimum absolute atomic E-state index is 0.153. The second kappa shape index (κ2) is 3.99. The van der Waals surface area contributed by atoms with Crippen molar-refractivity contribution in [1.82, 2.24) is 15.0 Å². The van der Waals surface area contributed by atoms with E-state index in [9.17, 15) is 13.2 Å². The number of benzene rings is 1. The van der Waals surface area contributed by atoms with E-state index in [1.807, 2.05) is 0 Å². The summed E-state index contributed by atoms with van der Waals surface area (Å²) in [6, 6.07) is 2.91. The van der Waals surface area contributed by atoms with Crippen molar-refractivity contribution in [2.24, 2.45) is 0 Å². The van der Waals surface area contributed by atoms with E-state index in [0.29, 0.717) is 5.52 Å². The number of aromatic nitrogens is 3. The summed E-state index contributed by atoms with van der Waals surface area (Å²) in [7, 11) is 0. The van der Waals surface area contributed by atoms with Gasteiger partial charge in [0.2, 0.25) is 0 Å². The number of alkyl halides is 3. The molecule has 0 radical (unpaired) electrons. The largest absolute Gasteiger partial charge is 0.416 e. The Morgan fingerprint density at radius 2 is 2.12 bits per heavy atom. The number of fused-ring (bicyclic) bond motifs is 1. The molecule has 0 amide bonds. The molecule has 1 aromatic heterocycles. The van der Waals surface area contributed by atoms with E-state index in [1.54, 1.807) is 6.92 Å². The first-order valence-electron chi connectivity index (χ1n) is 4.96. The molecule has 1 unspecified atom stereocenters. The smallest absolute Gasteiger partial charge is 0.394 e. The highest BCUT2D eigenvalue weighted by Gasteiger charge is 2.31. The van der Waals surface area contributed by atoms with Crippen molar-refractivity contribution in [3.05, 3.63) is 23.8 Å². The summed E-state index contributed by atoms with van der Waals surface area (Å²) in [6.07, 6.45) is -4.39. The molecule has 0 spiro atoms. The number of hydrogen-bond donors (Lipinski definition) is 1. The summed E-state index contributed by atoms with van der Waals surface area (Å²) >= 11 is 0. The lowest BCUT2D eigenvalue weighted by atomic mass is 10.2. The monoisotopic (exact) mass is 245 g/mol. The van der Waals surface area contributed by atoms with E-state index < -0.39 is 11.7 Å².